The highest BCUT2D eigenvalue weighted by molar-refractivity contribution is 6.39. The molecule has 24 heavy (non-hydrogen) atoms. The van der Waals surface area contributed by atoms with Gasteiger partial charge in [-0.25, -0.2) is 0 Å². The van der Waals surface area contributed by atoms with E-state index in [1.54, 1.807) is 42.5 Å². The molecule has 0 saturated carbocycles. The monoisotopic (exact) mass is 384 g/mol. The van der Waals surface area contributed by atoms with E-state index in [2.05, 4.69) is 5.32 Å². The zero-order valence-electron chi connectivity index (χ0n) is 12.9. The average molecular weight is 386 g/mol. The Bertz CT molecular complexity index is 745. The van der Waals surface area contributed by atoms with Crippen LogP contribution in [0.5, 0.6) is 0 Å². The van der Waals surface area contributed by atoms with E-state index in [1.807, 2.05) is 0 Å². The lowest BCUT2D eigenvalue weighted by atomic mass is 10.2. The van der Waals surface area contributed by atoms with Gasteiger partial charge in [0, 0.05) is 19.9 Å². The summed E-state index contributed by atoms with van der Waals surface area (Å²) in [5.74, 6) is -0.505. The highest BCUT2D eigenvalue weighted by Crippen LogP contribution is 2.30. The molecule has 2 aromatic carbocycles. The van der Waals surface area contributed by atoms with Crippen LogP contribution in [-0.4, -0.2) is 18.4 Å². The highest BCUT2D eigenvalue weighted by atomic mass is 35.5. The summed E-state index contributed by atoms with van der Waals surface area (Å²) in [5.41, 5.74) is 0.924. The zero-order chi connectivity index (χ0) is 17.7. The summed E-state index contributed by atoms with van der Waals surface area (Å²) in [5, 5.41) is 3.82. The summed E-state index contributed by atoms with van der Waals surface area (Å²) in [6.45, 7) is 1.61. The van der Waals surface area contributed by atoms with Crippen LogP contribution in [0.25, 0.3) is 0 Å². The molecule has 0 aromatic heterocycles. The van der Waals surface area contributed by atoms with Gasteiger partial charge in [0.2, 0.25) is 11.8 Å². The van der Waals surface area contributed by atoms with Crippen molar-refractivity contribution in [2.45, 2.75) is 13.3 Å². The molecule has 0 atom stereocenters. The molecule has 0 saturated heterocycles. The molecule has 2 aromatic rings. The molecule has 0 radical (unpaired) electrons. The highest BCUT2D eigenvalue weighted by Gasteiger charge is 2.17. The average Bonchev–Trinajstić information content (AvgIpc) is 2.52. The van der Waals surface area contributed by atoms with Gasteiger partial charge in [-0.3, -0.25) is 9.59 Å². The summed E-state index contributed by atoms with van der Waals surface area (Å²) in [6, 6.07) is 11.9. The molecule has 0 unspecified atom stereocenters. The van der Waals surface area contributed by atoms with Crippen molar-refractivity contribution in [3.8, 4) is 0 Å². The second kappa shape index (κ2) is 8.38. The Kier molecular flexibility index (Phi) is 6.49. The number of carbonyl (C=O) groups is 2. The van der Waals surface area contributed by atoms with Crippen LogP contribution in [-0.2, 0) is 9.59 Å². The standard InChI is InChI=1S/C17H15Cl3N2O2/c1-11(23)22(15-8-3-2-5-12(15)18)10-9-16(24)21-17-13(19)6-4-7-14(17)20/h2-8H,9-10H2,1H3,(H,21,24). The van der Waals surface area contributed by atoms with Crippen molar-refractivity contribution >= 4 is 58.0 Å². The van der Waals surface area contributed by atoms with Gasteiger partial charge in [-0.15, -0.1) is 0 Å². The molecule has 2 rings (SSSR count). The third kappa shape index (κ3) is 4.63. The van der Waals surface area contributed by atoms with Crippen molar-refractivity contribution in [1.29, 1.82) is 0 Å². The van der Waals surface area contributed by atoms with Gasteiger partial charge in [0.15, 0.2) is 0 Å². The van der Waals surface area contributed by atoms with Gasteiger partial charge in [0.25, 0.3) is 0 Å². The van der Waals surface area contributed by atoms with E-state index in [4.69, 9.17) is 34.8 Å². The fraction of sp³-hybridized carbons (Fsp3) is 0.176. The molecule has 4 nitrogen and oxygen atoms in total. The predicted molar refractivity (Wildman–Crippen MR) is 99.2 cm³/mol. The van der Waals surface area contributed by atoms with Crippen LogP contribution in [0.15, 0.2) is 42.5 Å². The molecular weight excluding hydrogens is 371 g/mol. The van der Waals surface area contributed by atoms with Crippen LogP contribution >= 0.6 is 34.8 Å². The molecule has 0 fully saturated rings. The molecule has 7 heteroatoms. The fourth-order valence-corrected chi connectivity index (χ4v) is 2.88. The van der Waals surface area contributed by atoms with E-state index >= 15 is 0 Å². The van der Waals surface area contributed by atoms with Crippen LogP contribution in [0, 0.1) is 0 Å². The molecule has 0 aliphatic heterocycles. The maximum absolute atomic E-state index is 12.2. The number of amides is 2. The normalized spacial score (nSPS) is 10.3. The number of hydrogen-bond donors (Lipinski definition) is 1. The number of carbonyl (C=O) groups excluding carboxylic acids is 2. The number of halogens is 3. The number of anilines is 2. The van der Waals surface area contributed by atoms with Crippen molar-refractivity contribution in [2.75, 3.05) is 16.8 Å². The second-order valence-corrected chi connectivity index (χ2v) is 6.24. The molecule has 0 bridgehead atoms. The minimum Gasteiger partial charge on any atom is -0.323 e. The lowest BCUT2D eigenvalue weighted by Gasteiger charge is -2.22. The Morgan fingerprint density at radius 3 is 2.12 bits per heavy atom. The topological polar surface area (TPSA) is 49.4 Å². The maximum Gasteiger partial charge on any atom is 0.226 e. The first-order chi connectivity index (χ1) is 11.4. The number of rotatable bonds is 5. The Balaban J connectivity index is 2.06. The van der Waals surface area contributed by atoms with E-state index in [1.165, 1.54) is 11.8 Å². The fourth-order valence-electron chi connectivity index (χ4n) is 2.15. The number of benzene rings is 2. The molecule has 0 aliphatic carbocycles. The Labute approximate surface area is 155 Å². The van der Waals surface area contributed by atoms with Crippen LogP contribution in [0.3, 0.4) is 0 Å². The van der Waals surface area contributed by atoms with Gasteiger partial charge in [-0.05, 0) is 24.3 Å². The van der Waals surface area contributed by atoms with Gasteiger partial charge in [-0.1, -0.05) is 53.0 Å². The Morgan fingerprint density at radius 2 is 1.54 bits per heavy atom. The van der Waals surface area contributed by atoms with Crippen molar-refractivity contribution in [3.63, 3.8) is 0 Å². The smallest absolute Gasteiger partial charge is 0.226 e. The third-order valence-electron chi connectivity index (χ3n) is 3.31. The van der Waals surface area contributed by atoms with Crippen LogP contribution < -0.4 is 10.2 Å². The maximum atomic E-state index is 12.2. The molecule has 0 aliphatic rings. The lowest BCUT2D eigenvalue weighted by molar-refractivity contribution is -0.117. The number of para-hydroxylation sites is 2. The first kappa shape index (κ1) is 18.6. The van der Waals surface area contributed by atoms with Gasteiger partial charge in [0.05, 0.1) is 26.4 Å². The van der Waals surface area contributed by atoms with Crippen LogP contribution in [0.1, 0.15) is 13.3 Å². The first-order valence-corrected chi connectivity index (χ1v) is 8.30. The largest absolute Gasteiger partial charge is 0.323 e. The van der Waals surface area contributed by atoms with Gasteiger partial charge in [0.1, 0.15) is 0 Å². The predicted octanol–water partition coefficient (Wildman–Crippen LogP) is 5.03. The first-order valence-electron chi connectivity index (χ1n) is 7.16. The number of hydrogen-bond acceptors (Lipinski definition) is 2. The van der Waals surface area contributed by atoms with E-state index in [-0.39, 0.29) is 24.8 Å². The second-order valence-electron chi connectivity index (χ2n) is 5.02. The van der Waals surface area contributed by atoms with Gasteiger partial charge in [-0.2, -0.15) is 0 Å². The van der Waals surface area contributed by atoms with Crippen LogP contribution in [0.2, 0.25) is 15.1 Å². The Hall–Kier alpha value is -1.75. The number of nitrogens with one attached hydrogen (secondary N) is 1. The summed E-state index contributed by atoms with van der Waals surface area (Å²) in [7, 11) is 0. The molecule has 0 heterocycles. The summed E-state index contributed by atoms with van der Waals surface area (Å²) >= 11 is 18.2. The number of nitrogens with zero attached hydrogens (tertiary/aromatic N) is 1. The summed E-state index contributed by atoms with van der Waals surface area (Å²) in [6.07, 6.45) is 0.0757. The quantitative estimate of drug-likeness (QED) is 0.785. The Morgan fingerprint density at radius 1 is 0.958 bits per heavy atom. The molecular formula is C17H15Cl3N2O2. The summed E-state index contributed by atoms with van der Waals surface area (Å²) in [4.78, 5) is 25.5. The van der Waals surface area contributed by atoms with Crippen molar-refractivity contribution in [2.24, 2.45) is 0 Å². The minimum atomic E-state index is -0.302. The zero-order valence-corrected chi connectivity index (χ0v) is 15.1. The lowest BCUT2D eigenvalue weighted by Crippen LogP contribution is -2.32. The SMILES string of the molecule is CC(=O)N(CCC(=O)Nc1c(Cl)cccc1Cl)c1ccccc1Cl. The minimum absolute atomic E-state index is 0.0757. The van der Waals surface area contributed by atoms with E-state index < -0.39 is 0 Å². The van der Waals surface area contributed by atoms with Gasteiger partial charge >= 0.3 is 0 Å². The van der Waals surface area contributed by atoms with Crippen molar-refractivity contribution in [3.05, 3.63) is 57.5 Å². The van der Waals surface area contributed by atoms with Crippen LogP contribution in [0.4, 0.5) is 11.4 Å². The van der Waals surface area contributed by atoms with Gasteiger partial charge < -0.3 is 10.2 Å². The van der Waals surface area contributed by atoms with E-state index in [0.29, 0.717) is 26.4 Å². The third-order valence-corrected chi connectivity index (χ3v) is 4.26. The summed E-state index contributed by atoms with van der Waals surface area (Å²) < 4.78 is 0. The molecule has 0 spiro atoms. The molecule has 2 amide bonds. The van der Waals surface area contributed by atoms with E-state index in [0.717, 1.165) is 0 Å². The van der Waals surface area contributed by atoms with E-state index in [9.17, 15) is 9.59 Å². The molecule has 126 valence electrons. The van der Waals surface area contributed by atoms with Crippen molar-refractivity contribution in [1.82, 2.24) is 0 Å². The molecule has 1 N–H and O–H groups in total. The van der Waals surface area contributed by atoms with Crippen molar-refractivity contribution < 1.29 is 9.59 Å².